The van der Waals surface area contributed by atoms with Gasteiger partial charge in [0.1, 0.15) is 0 Å². The van der Waals surface area contributed by atoms with Crippen LogP contribution in [0.15, 0.2) is 24.3 Å². The van der Waals surface area contributed by atoms with Gasteiger partial charge in [0.15, 0.2) is 0 Å². The molecule has 0 unspecified atom stereocenters. The number of rotatable bonds is 2. The second kappa shape index (κ2) is 8.24. The molecule has 1 fully saturated rings. The molecule has 1 aliphatic rings. The Labute approximate surface area is 143 Å². The Kier molecular flexibility index (Phi) is 6.32. The Morgan fingerprint density at radius 2 is 2.26 bits per heavy atom. The molecular weight excluding hydrogens is 312 g/mol. The van der Waals surface area contributed by atoms with Crippen molar-refractivity contribution in [2.24, 2.45) is 0 Å². The SMILES string of the molecule is CCOC(=O)N1CCN([C@H](C)C#Cc2cccc(Cl)c2)[C@@H](C)C1. The second-order valence-electron chi connectivity index (χ2n) is 5.69. The van der Waals surface area contributed by atoms with Crippen LogP contribution >= 0.6 is 11.6 Å². The maximum Gasteiger partial charge on any atom is 0.409 e. The molecule has 4 nitrogen and oxygen atoms in total. The lowest BCUT2D eigenvalue weighted by Crippen LogP contribution is -2.56. The zero-order chi connectivity index (χ0) is 16.8. The minimum Gasteiger partial charge on any atom is -0.450 e. The second-order valence-corrected chi connectivity index (χ2v) is 6.12. The maximum absolute atomic E-state index is 11.8. The molecule has 0 aliphatic carbocycles. The third-order valence-corrected chi connectivity index (χ3v) is 4.19. The lowest BCUT2D eigenvalue weighted by molar-refractivity contribution is 0.0507. The minimum atomic E-state index is -0.225. The molecule has 2 rings (SSSR count). The smallest absolute Gasteiger partial charge is 0.409 e. The number of carbonyl (C=O) groups is 1. The molecular formula is C18H23ClN2O2. The van der Waals surface area contributed by atoms with E-state index >= 15 is 0 Å². The van der Waals surface area contributed by atoms with Crippen molar-refractivity contribution < 1.29 is 9.53 Å². The minimum absolute atomic E-state index is 0.119. The average Bonchev–Trinajstić information content (AvgIpc) is 2.53. The van der Waals surface area contributed by atoms with Gasteiger partial charge < -0.3 is 9.64 Å². The van der Waals surface area contributed by atoms with Gasteiger partial charge in [0.05, 0.1) is 12.6 Å². The fraction of sp³-hybridized carbons (Fsp3) is 0.500. The van der Waals surface area contributed by atoms with E-state index in [0.29, 0.717) is 24.7 Å². The van der Waals surface area contributed by atoms with E-state index in [9.17, 15) is 4.79 Å². The highest BCUT2D eigenvalue weighted by atomic mass is 35.5. The lowest BCUT2D eigenvalue weighted by Gasteiger charge is -2.40. The van der Waals surface area contributed by atoms with Gasteiger partial charge in [-0.3, -0.25) is 4.90 Å². The molecule has 23 heavy (non-hydrogen) atoms. The Balaban J connectivity index is 1.96. The Morgan fingerprint density at radius 3 is 2.91 bits per heavy atom. The quantitative estimate of drug-likeness (QED) is 0.778. The van der Waals surface area contributed by atoms with Crippen LogP contribution in [0.25, 0.3) is 0 Å². The van der Waals surface area contributed by atoms with E-state index in [2.05, 4.69) is 30.6 Å². The van der Waals surface area contributed by atoms with E-state index in [1.807, 2.05) is 31.2 Å². The van der Waals surface area contributed by atoms with E-state index < -0.39 is 0 Å². The molecule has 0 N–H and O–H groups in total. The van der Waals surface area contributed by atoms with Crippen molar-refractivity contribution in [1.29, 1.82) is 0 Å². The monoisotopic (exact) mass is 334 g/mol. The summed E-state index contributed by atoms with van der Waals surface area (Å²) in [6, 6.07) is 7.92. The highest BCUT2D eigenvalue weighted by molar-refractivity contribution is 6.30. The molecule has 0 aromatic heterocycles. The van der Waals surface area contributed by atoms with E-state index in [4.69, 9.17) is 16.3 Å². The van der Waals surface area contributed by atoms with Crippen molar-refractivity contribution in [3.05, 3.63) is 34.9 Å². The zero-order valence-electron chi connectivity index (χ0n) is 13.9. The fourth-order valence-corrected chi connectivity index (χ4v) is 2.95. The number of hydrogen-bond acceptors (Lipinski definition) is 3. The average molecular weight is 335 g/mol. The first-order valence-corrected chi connectivity index (χ1v) is 8.33. The van der Waals surface area contributed by atoms with E-state index in [0.717, 1.165) is 12.1 Å². The van der Waals surface area contributed by atoms with Gasteiger partial charge in [-0.1, -0.05) is 29.5 Å². The molecule has 1 amide bonds. The molecule has 1 heterocycles. The van der Waals surface area contributed by atoms with Crippen molar-refractivity contribution >= 4 is 17.7 Å². The summed E-state index contributed by atoms with van der Waals surface area (Å²) in [5, 5.41) is 0.695. The molecule has 0 radical (unpaired) electrons. The largest absolute Gasteiger partial charge is 0.450 e. The summed E-state index contributed by atoms with van der Waals surface area (Å²) in [5.41, 5.74) is 0.919. The molecule has 124 valence electrons. The third kappa shape index (κ3) is 4.89. The van der Waals surface area contributed by atoms with Crippen LogP contribution in [-0.2, 0) is 4.74 Å². The maximum atomic E-state index is 11.8. The summed E-state index contributed by atoms with van der Waals surface area (Å²) in [6.07, 6.45) is -0.225. The van der Waals surface area contributed by atoms with Gasteiger partial charge in [-0.25, -0.2) is 4.79 Å². The summed E-state index contributed by atoms with van der Waals surface area (Å²) in [6.45, 7) is 8.58. The van der Waals surface area contributed by atoms with Crippen LogP contribution < -0.4 is 0 Å². The molecule has 1 aromatic carbocycles. The van der Waals surface area contributed by atoms with E-state index in [1.54, 1.807) is 4.90 Å². The van der Waals surface area contributed by atoms with Crippen LogP contribution in [0.3, 0.4) is 0 Å². The zero-order valence-corrected chi connectivity index (χ0v) is 14.6. The Morgan fingerprint density at radius 1 is 1.48 bits per heavy atom. The van der Waals surface area contributed by atoms with Crippen LogP contribution in [0.5, 0.6) is 0 Å². The van der Waals surface area contributed by atoms with Crippen molar-refractivity contribution in [3.8, 4) is 11.8 Å². The summed E-state index contributed by atoms with van der Waals surface area (Å²) in [7, 11) is 0. The van der Waals surface area contributed by atoms with Gasteiger partial charge in [-0.05, 0) is 39.0 Å². The van der Waals surface area contributed by atoms with Gasteiger partial charge >= 0.3 is 6.09 Å². The topological polar surface area (TPSA) is 32.8 Å². The van der Waals surface area contributed by atoms with Crippen molar-refractivity contribution in [1.82, 2.24) is 9.80 Å². The Bertz CT molecular complexity index is 609. The molecule has 1 aromatic rings. The standard InChI is InChI=1S/C18H23ClN2O2/c1-4-23-18(22)20-10-11-21(15(3)13-20)14(2)8-9-16-6-5-7-17(19)12-16/h5-7,12,14-15H,4,10-11,13H2,1-3H3/t14-,15+/m1/s1. The van der Waals surface area contributed by atoms with Crippen molar-refractivity contribution in [3.63, 3.8) is 0 Å². The van der Waals surface area contributed by atoms with Gasteiger partial charge in [0.2, 0.25) is 0 Å². The van der Waals surface area contributed by atoms with E-state index in [1.165, 1.54) is 0 Å². The molecule has 0 bridgehead atoms. The summed E-state index contributed by atoms with van der Waals surface area (Å²) >= 11 is 5.98. The molecule has 0 saturated carbocycles. The first-order chi connectivity index (χ1) is 11.0. The fourth-order valence-electron chi connectivity index (χ4n) is 2.76. The lowest BCUT2D eigenvalue weighted by atomic mass is 10.1. The van der Waals surface area contributed by atoms with Crippen LogP contribution in [0.2, 0.25) is 5.02 Å². The van der Waals surface area contributed by atoms with E-state index in [-0.39, 0.29) is 18.2 Å². The molecule has 1 aliphatic heterocycles. The first kappa shape index (κ1) is 17.7. The molecule has 5 heteroatoms. The summed E-state index contributed by atoms with van der Waals surface area (Å²) in [5.74, 6) is 6.45. The third-order valence-electron chi connectivity index (χ3n) is 3.95. The predicted molar refractivity (Wildman–Crippen MR) is 92.6 cm³/mol. The Hall–Kier alpha value is -1.70. The number of halogens is 1. The number of benzene rings is 1. The van der Waals surface area contributed by atoms with Crippen molar-refractivity contribution in [2.75, 3.05) is 26.2 Å². The number of piperazine rings is 1. The van der Waals surface area contributed by atoms with Gasteiger partial charge in [-0.15, -0.1) is 0 Å². The van der Waals surface area contributed by atoms with Gasteiger partial charge in [-0.2, -0.15) is 0 Å². The van der Waals surface area contributed by atoms with Crippen LogP contribution in [0.4, 0.5) is 4.79 Å². The van der Waals surface area contributed by atoms with Gasteiger partial charge in [0.25, 0.3) is 0 Å². The van der Waals surface area contributed by atoms with Crippen LogP contribution in [-0.4, -0.2) is 54.2 Å². The number of amides is 1. The summed E-state index contributed by atoms with van der Waals surface area (Å²) < 4.78 is 5.07. The first-order valence-electron chi connectivity index (χ1n) is 7.95. The molecule has 0 spiro atoms. The number of nitrogens with zero attached hydrogens (tertiary/aromatic N) is 2. The highest BCUT2D eigenvalue weighted by Crippen LogP contribution is 2.14. The van der Waals surface area contributed by atoms with Gasteiger partial charge in [0, 0.05) is 36.3 Å². The highest BCUT2D eigenvalue weighted by Gasteiger charge is 2.29. The normalized spacial score (nSPS) is 19.7. The predicted octanol–water partition coefficient (Wildman–Crippen LogP) is 3.24. The molecule has 2 atom stereocenters. The van der Waals surface area contributed by atoms with Crippen molar-refractivity contribution in [2.45, 2.75) is 32.9 Å². The summed E-state index contributed by atoms with van der Waals surface area (Å²) in [4.78, 5) is 15.9. The van der Waals surface area contributed by atoms with Crippen LogP contribution in [0.1, 0.15) is 26.3 Å². The molecule has 1 saturated heterocycles. The number of hydrogen-bond donors (Lipinski definition) is 0. The van der Waals surface area contributed by atoms with Crippen LogP contribution in [0, 0.1) is 11.8 Å². The number of ether oxygens (including phenoxy) is 1. The number of carbonyl (C=O) groups excluding carboxylic acids is 1.